The minimum atomic E-state index is -0.571. The first-order chi connectivity index (χ1) is 16.8. The average Bonchev–Trinajstić information content (AvgIpc) is 3.31. The summed E-state index contributed by atoms with van der Waals surface area (Å²) in [6, 6.07) is 12.5. The minimum absolute atomic E-state index is 0.0771. The van der Waals surface area contributed by atoms with Crippen LogP contribution in [0.3, 0.4) is 0 Å². The number of nitrogens with one attached hydrogen (secondary N) is 1. The van der Waals surface area contributed by atoms with Crippen molar-refractivity contribution in [2.75, 3.05) is 5.32 Å². The number of hydrogen-bond donors (Lipinski definition) is 1. The van der Waals surface area contributed by atoms with Crippen molar-refractivity contribution in [1.29, 1.82) is 0 Å². The normalized spacial score (nSPS) is 10.6. The van der Waals surface area contributed by atoms with Crippen molar-refractivity contribution >= 4 is 28.9 Å². The van der Waals surface area contributed by atoms with Gasteiger partial charge in [0.1, 0.15) is 17.2 Å². The molecule has 0 unspecified atom stereocenters. The number of hydrogen-bond acceptors (Lipinski definition) is 7. The first-order valence-electron chi connectivity index (χ1n) is 10.4. The Labute approximate surface area is 205 Å². The summed E-state index contributed by atoms with van der Waals surface area (Å²) in [5.74, 6) is 0.656. The van der Waals surface area contributed by atoms with Crippen LogP contribution in [0, 0.1) is 24.0 Å². The number of non-ortho nitro benzene ring substituents is 1. The van der Waals surface area contributed by atoms with Crippen molar-refractivity contribution in [2.24, 2.45) is 0 Å². The van der Waals surface area contributed by atoms with Crippen LogP contribution in [0.4, 0.5) is 11.4 Å². The maximum atomic E-state index is 12.7. The highest BCUT2D eigenvalue weighted by atomic mass is 35.5. The lowest BCUT2D eigenvalue weighted by atomic mass is 10.1. The van der Waals surface area contributed by atoms with Crippen LogP contribution in [0.5, 0.6) is 17.2 Å². The number of pyridine rings is 1. The molecule has 0 atom stereocenters. The molecule has 1 amide bonds. The molecule has 10 nitrogen and oxygen atoms in total. The lowest BCUT2D eigenvalue weighted by Crippen LogP contribution is -2.14. The number of aromatic nitrogens is 3. The number of nitro groups is 1. The third-order valence-corrected chi connectivity index (χ3v) is 5.47. The lowest BCUT2D eigenvalue weighted by molar-refractivity contribution is -0.384. The topological polar surface area (TPSA) is 121 Å². The van der Waals surface area contributed by atoms with Gasteiger partial charge in [0.05, 0.1) is 22.9 Å². The van der Waals surface area contributed by atoms with Gasteiger partial charge in [-0.3, -0.25) is 19.9 Å². The van der Waals surface area contributed by atoms with Crippen LogP contribution in [-0.4, -0.2) is 25.6 Å². The van der Waals surface area contributed by atoms with Crippen LogP contribution in [0.25, 0.3) is 0 Å². The van der Waals surface area contributed by atoms with Crippen molar-refractivity contribution in [3.63, 3.8) is 0 Å². The molecule has 35 heavy (non-hydrogen) atoms. The molecule has 0 fully saturated rings. The molecule has 0 aliphatic heterocycles. The zero-order chi connectivity index (χ0) is 24.9. The van der Waals surface area contributed by atoms with Gasteiger partial charge in [-0.25, -0.2) is 4.68 Å². The van der Waals surface area contributed by atoms with E-state index in [-0.39, 0.29) is 29.5 Å². The number of carbonyl (C=O) groups excluding carboxylic acids is 1. The maximum absolute atomic E-state index is 12.7. The number of nitrogens with zero attached hydrogens (tertiary/aromatic N) is 4. The van der Waals surface area contributed by atoms with E-state index in [9.17, 15) is 14.9 Å². The summed E-state index contributed by atoms with van der Waals surface area (Å²) in [4.78, 5) is 27.4. The number of ether oxygens (including phenoxy) is 2. The maximum Gasteiger partial charge on any atom is 0.276 e. The standard InChI is InChI=1S/C24H20ClN5O5/c1-15-8-20(9-16(2)23(15)25)34-14-29-7-5-22(28-29)24(31)27-17-10-18(30(32)33)12-21(11-17)35-19-4-3-6-26-13-19/h3-13H,14H2,1-2H3,(H,27,31). The van der Waals surface area contributed by atoms with Crippen LogP contribution in [0.2, 0.25) is 5.02 Å². The van der Waals surface area contributed by atoms with Gasteiger partial charge >= 0.3 is 0 Å². The van der Waals surface area contributed by atoms with Crippen molar-refractivity contribution < 1.29 is 19.2 Å². The van der Waals surface area contributed by atoms with Gasteiger partial charge in [-0.1, -0.05) is 11.6 Å². The van der Waals surface area contributed by atoms with Gasteiger partial charge in [-0.05, 0) is 55.3 Å². The fourth-order valence-electron chi connectivity index (χ4n) is 3.24. The van der Waals surface area contributed by atoms with E-state index in [0.29, 0.717) is 16.5 Å². The third-order valence-electron chi connectivity index (χ3n) is 4.88. The van der Waals surface area contributed by atoms with E-state index in [2.05, 4.69) is 15.4 Å². The van der Waals surface area contributed by atoms with Gasteiger partial charge in [0.2, 0.25) is 0 Å². The second-order valence-corrected chi connectivity index (χ2v) is 7.98. The van der Waals surface area contributed by atoms with Crippen LogP contribution in [-0.2, 0) is 6.73 Å². The summed E-state index contributed by atoms with van der Waals surface area (Å²) >= 11 is 6.18. The van der Waals surface area contributed by atoms with Crippen LogP contribution in [0.15, 0.2) is 67.1 Å². The molecular weight excluding hydrogens is 474 g/mol. The quantitative estimate of drug-likeness (QED) is 0.252. The van der Waals surface area contributed by atoms with E-state index in [1.807, 2.05) is 26.0 Å². The molecular formula is C24H20ClN5O5. The Balaban J connectivity index is 1.45. The number of benzene rings is 2. The summed E-state index contributed by atoms with van der Waals surface area (Å²) in [6.07, 6.45) is 4.64. The molecule has 4 aromatic rings. The summed E-state index contributed by atoms with van der Waals surface area (Å²) < 4.78 is 12.8. The van der Waals surface area contributed by atoms with Crippen LogP contribution >= 0.6 is 11.6 Å². The summed E-state index contributed by atoms with van der Waals surface area (Å²) in [6.45, 7) is 3.85. The van der Waals surface area contributed by atoms with Gasteiger partial charge < -0.3 is 14.8 Å². The van der Waals surface area contributed by atoms with E-state index in [1.165, 1.54) is 35.1 Å². The summed E-state index contributed by atoms with van der Waals surface area (Å²) in [7, 11) is 0. The highest BCUT2D eigenvalue weighted by Gasteiger charge is 2.16. The van der Waals surface area contributed by atoms with Crippen molar-refractivity contribution in [3.8, 4) is 17.2 Å². The van der Waals surface area contributed by atoms with E-state index in [4.69, 9.17) is 21.1 Å². The molecule has 11 heteroatoms. The lowest BCUT2D eigenvalue weighted by Gasteiger charge is -2.10. The molecule has 2 aromatic carbocycles. The SMILES string of the molecule is Cc1cc(OCn2ccc(C(=O)Nc3cc(Oc4cccnc4)cc([N+](=O)[O-])c3)n2)cc(C)c1Cl. The largest absolute Gasteiger partial charge is 0.471 e. The van der Waals surface area contributed by atoms with Gasteiger partial charge in [0.25, 0.3) is 11.6 Å². The molecule has 0 saturated carbocycles. The monoisotopic (exact) mass is 493 g/mol. The zero-order valence-corrected chi connectivity index (χ0v) is 19.5. The minimum Gasteiger partial charge on any atom is -0.471 e. The number of nitro benzene ring substituents is 1. The molecule has 4 rings (SSSR count). The van der Waals surface area contributed by atoms with E-state index in [0.717, 1.165) is 11.1 Å². The molecule has 1 N–H and O–H groups in total. The fourth-order valence-corrected chi connectivity index (χ4v) is 3.35. The predicted molar refractivity (Wildman–Crippen MR) is 129 cm³/mol. The summed E-state index contributed by atoms with van der Waals surface area (Å²) in [5.41, 5.74) is 1.84. The second kappa shape index (κ2) is 10.2. The van der Waals surface area contributed by atoms with Crippen LogP contribution in [0.1, 0.15) is 21.6 Å². The number of halogens is 1. The molecule has 0 bridgehead atoms. The molecule has 178 valence electrons. The second-order valence-electron chi connectivity index (χ2n) is 7.60. The van der Waals surface area contributed by atoms with Gasteiger partial charge in [-0.2, -0.15) is 5.10 Å². The van der Waals surface area contributed by atoms with E-state index in [1.54, 1.807) is 24.5 Å². The Morgan fingerprint density at radius 3 is 2.57 bits per heavy atom. The average molecular weight is 494 g/mol. The van der Waals surface area contributed by atoms with Crippen molar-refractivity contribution in [2.45, 2.75) is 20.6 Å². The number of carbonyl (C=O) groups is 1. The number of amides is 1. The van der Waals surface area contributed by atoms with E-state index < -0.39 is 10.8 Å². The molecule has 0 saturated heterocycles. The van der Waals surface area contributed by atoms with Gasteiger partial charge in [0.15, 0.2) is 12.4 Å². The molecule has 0 aliphatic carbocycles. The first kappa shape index (κ1) is 23.7. The van der Waals surface area contributed by atoms with Crippen LogP contribution < -0.4 is 14.8 Å². The third kappa shape index (κ3) is 5.92. The van der Waals surface area contributed by atoms with Crippen molar-refractivity contribution in [3.05, 3.63) is 99.1 Å². The highest BCUT2D eigenvalue weighted by Crippen LogP contribution is 2.30. The Hall–Kier alpha value is -4.44. The molecule has 0 aliphatic rings. The molecule has 2 aromatic heterocycles. The Bertz CT molecular complexity index is 1370. The van der Waals surface area contributed by atoms with Crippen molar-refractivity contribution in [1.82, 2.24) is 14.8 Å². The summed E-state index contributed by atoms with van der Waals surface area (Å²) in [5, 5.41) is 18.9. The number of aryl methyl sites for hydroxylation is 2. The number of anilines is 1. The molecule has 0 radical (unpaired) electrons. The van der Waals surface area contributed by atoms with Gasteiger partial charge in [-0.15, -0.1) is 0 Å². The molecule has 2 heterocycles. The Kier molecular flexibility index (Phi) is 6.93. The van der Waals surface area contributed by atoms with Gasteiger partial charge in [0, 0.05) is 29.5 Å². The predicted octanol–water partition coefficient (Wildman–Crippen LogP) is 5.54. The molecule has 0 spiro atoms. The Morgan fingerprint density at radius 1 is 1.11 bits per heavy atom. The zero-order valence-electron chi connectivity index (χ0n) is 18.8. The van der Waals surface area contributed by atoms with E-state index >= 15 is 0 Å². The fraction of sp³-hybridized carbons (Fsp3) is 0.125. The number of rotatable bonds is 8. The smallest absolute Gasteiger partial charge is 0.276 e. The highest BCUT2D eigenvalue weighted by molar-refractivity contribution is 6.32. The Morgan fingerprint density at radius 2 is 1.89 bits per heavy atom. The first-order valence-corrected chi connectivity index (χ1v) is 10.8.